The molecule has 0 spiro atoms. The van der Waals surface area contributed by atoms with Crippen LogP contribution in [0.1, 0.15) is 45.7 Å². The molecule has 4 nitrogen and oxygen atoms in total. The number of amides is 1. The van der Waals surface area contributed by atoms with Crippen molar-refractivity contribution in [2.75, 3.05) is 19.6 Å². The number of ether oxygens (including phenoxy) is 1. The third-order valence-electron chi connectivity index (χ3n) is 5.00. The second-order valence-electron chi connectivity index (χ2n) is 7.83. The second kappa shape index (κ2) is 6.16. The maximum atomic E-state index is 12.2. The fourth-order valence-electron chi connectivity index (χ4n) is 3.76. The summed E-state index contributed by atoms with van der Waals surface area (Å²) in [6.45, 7) is 10.7. The van der Waals surface area contributed by atoms with E-state index in [9.17, 15) is 4.79 Å². The summed E-state index contributed by atoms with van der Waals surface area (Å²) < 4.78 is 5.50. The Labute approximate surface area is 139 Å². The molecule has 23 heavy (non-hydrogen) atoms. The van der Waals surface area contributed by atoms with Crippen molar-refractivity contribution >= 4 is 6.09 Å². The van der Waals surface area contributed by atoms with Crippen molar-refractivity contribution in [3.63, 3.8) is 0 Å². The zero-order chi connectivity index (χ0) is 16.6. The monoisotopic (exact) mass is 316 g/mol. The summed E-state index contributed by atoms with van der Waals surface area (Å²) in [5.74, 6) is 0.586. The van der Waals surface area contributed by atoms with Crippen LogP contribution in [-0.2, 0) is 4.74 Å². The number of hydrogen-bond donors (Lipinski definition) is 0. The molecule has 4 heteroatoms. The summed E-state index contributed by atoms with van der Waals surface area (Å²) in [5.41, 5.74) is 0.960. The lowest BCUT2D eigenvalue weighted by Crippen LogP contribution is -2.64. The first kappa shape index (κ1) is 16.3. The lowest BCUT2D eigenvalue weighted by Gasteiger charge is -2.55. The summed E-state index contributed by atoms with van der Waals surface area (Å²) in [5, 5.41) is 0. The van der Waals surface area contributed by atoms with Crippen molar-refractivity contribution in [1.29, 1.82) is 0 Å². The van der Waals surface area contributed by atoms with Gasteiger partial charge in [0.15, 0.2) is 0 Å². The number of fused-ring (bicyclic) bond motifs is 1. The molecule has 0 N–H and O–H groups in total. The van der Waals surface area contributed by atoms with E-state index in [4.69, 9.17) is 4.74 Å². The molecule has 2 saturated heterocycles. The van der Waals surface area contributed by atoms with Crippen molar-refractivity contribution in [3.05, 3.63) is 35.9 Å². The van der Waals surface area contributed by atoms with Crippen LogP contribution in [0.15, 0.2) is 30.3 Å². The van der Waals surface area contributed by atoms with Gasteiger partial charge in [0, 0.05) is 37.6 Å². The predicted molar refractivity (Wildman–Crippen MR) is 91.3 cm³/mol. The van der Waals surface area contributed by atoms with E-state index in [0.29, 0.717) is 18.0 Å². The van der Waals surface area contributed by atoms with Gasteiger partial charge in [-0.15, -0.1) is 0 Å². The lowest BCUT2D eigenvalue weighted by molar-refractivity contribution is -0.0696. The van der Waals surface area contributed by atoms with Crippen molar-refractivity contribution < 1.29 is 9.53 Å². The van der Waals surface area contributed by atoms with Crippen molar-refractivity contribution in [3.8, 4) is 0 Å². The largest absolute Gasteiger partial charge is 0.444 e. The zero-order valence-corrected chi connectivity index (χ0v) is 14.7. The molecule has 1 amide bonds. The van der Waals surface area contributed by atoms with E-state index in [1.165, 1.54) is 5.56 Å². The topological polar surface area (TPSA) is 32.8 Å². The standard InChI is InChI=1S/C19H28N2O2/c1-14(15-8-6-5-7-9-15)21-13-16-12-20(11-10-17(16)21)18(22)23-19(2,3)4/h5-9,14,16-17H,10-13H2,1-4H3/t14-,16-,17-/m1/s1. The van der Waals surface area contributed by atoms with Gasteiger partial charge < -0.3 is 9.64 Å². The Morgan fingerprint density at radius 3 is 2.52 bits per heavy atom. The van der Waals surface area contributed by atoms with Gasteiger partial charge in [-0.1, -0.05) is 30.3 Å². The molecule has 126 valence electrons. The van der Waals surface area contributed by atoms with Gasteiger partial charge in [0.1, 0.15) is 5.60 Å². The number of likely N-dealkylation sites (tertiary alicyclic amines) is 2. The number of hydrogen-bond acceptors (Lipinski definition) is 3. The minimum absolute atomic E-state index is 0.162. The van der Waals surface area contributed by atoms with Crippen LogP contribution >= 0.6 is 0 Å². The smallest absolute Gasteiger partial charge is 0.410 e. The molecule has 2 heterocycles. The van der Waals surface area contributed by atoms with E-state index in [1.807, 2.05) is 25.7 Å². The Kier molecular flexibility index (Phi) is 4.37. The van der Waals surface area contributed by atoms with E-state index in [0.717, 1.165) is 26.1 Å². The van der Waals surface area contributed by atoms with Crippen molar-refractivity contribution in [2.24, 2.45) is 5.92 Å². The van der Waals surface area contributed by atoms with Gasteiger partial charge in [0.25, 0.3) is 0 Å². The SMILES string of the molecule is C[C@H](c1ccccc1)N1C[C@H]2CN(C(=O)OC(C)(C)C)CC[C@H]21. The van der Waals surface area contributed by atoms with Gasteiger partial charge >= 0.3 is 6.09 Å². The Hall–Kier alpha value is -1.55. The van der Waals surface area contributed by atoms with Crippen LogP contribution in [0.4, 0.5) is 4.79 Å². The van der Waals surface area contributed by atoms with Crippen LogP contribution in [0.3, 0.4) is 0 Å². The molecule has 2 aliphatic heterocycles. The highest BCUT2D eigenvalue weighted by Gasteiger charge is 2.45. The highest BCUT2D eigenvalue weighted by Crippen LogP contribution is 2.38. The molecule has 0 unspecified atom stereocenters. The van der Waals surface area contributed by atoms with Crippen LogP contribution in [0.5, 0.6) is 0 Å². The Balaban J connectivity index is 1.56. The zero-order valence-electron chi connectivity index (χ0n) is 14.7. The summed E-state index contributed by atoms with van der Waals surface area (Å²) in [6.07, 6.45) is 0.881. The van der Waals surface area contributed by atoms with E-state index in [-0.39, 0.29) is 6.09 Å². The van der Waals surface area contributed by atoms with Crippen LogP contribution in [-0.4, -0.2) is 47.2 Å². The average Bonchev–Trinajstić information content (AvgIpc) is 2.47. The van der Waals surface area contributed by atoms with Gasteiger partial charge in [-0.05, 0) is 39.7 Å². The normalized spacial score (nSPS) is 26.2. The molecular weight excluding hydrogens is 288 g/mol. The maximum Gasteiger partial charge on any atom is 0.410 e. The molecule has 0 aliphatic carbocycles. The third kappa shape index (κ3) is 3.52. The average molecular weight is 316 g/mol. The number of carbonyl (C=O) groups is 1. The molecule has 2 fully saturated rings. The van der Waals surface area contributed by atoms with Crippen LogP contribution in [0, 0.1) is 5.92 Å². The highest BCUT2D eigenvalue weighted by molar-refractivity contribution is 5.68. The fourth-order valence-corrected chi connectivity index (χ4v) is 3.76. The number of nitrogens with zero attached hydrogens (tertiary/aromatic N) is 2. The molecule has 0 bridgehead atoms. The van der Waals surface area contributed by atoms with E-state index in [2.05, 4.69) is 42.2 Å². The molecule has 2 aliphatic rings. The van der Waals surface area contributed by atoms with Gasteiger partial charge in [-0.25, -0.2) is 4.79 Å². The third-order valence-corrected chi connectivity index (χ3v) is 5.00. The van der Waals surface area contributed by atoms with E-state index in [1.54, 1.807) is 0 Å². The molecule has 3 rings (SSSR count). The first-order valence-electron chi connectivity index (χ1n) is 8.64. The first-order chi connectivity index (χ1) is 10.8. The second-order valence-corrected chi connectivity index (χ2v) is 7.83. The van der Waals surface area contributed by atoms with Crippen molar-refractivity contribution in [1.82, 2.24) is 9.80 Å². The number of rotatable bonds is 2. The van der Waals surface area contributed by atoms with Crippen molar-refractivity contribution in [2.45, 2.75) is 51.8 Å². The minimum Gasteiger partial charge on any atom is -0.444 e. The van der Waals surface area contributed by atoms with Gasteiger partial charge in [-0.2, -0.15) is 0 Å². The Bertz CT molecular complexity index is 552. The number of piperidine rings is 1. The Morgan fingerprint density at radius 2 is 1.91 bits per heavy atom. The van der Waals surface area contributed by atoms with E-state index < -0.39 is 5.60 Å². The molecule has 1 aromatic rings. The van der Waals surface area contributed by atoms with Gasteiger partial charge in [0.2, 0.25) is 0 Å². The molecule has 0 radical (unpaired) electrons. The Morgan fingerprint density at radius 1 is 1.22 bits per heavy atom. The molecule has 1 aromatic carbocycles. The summed E-state index contributed by atoms with van der Waals surface area (Å²) in [6, 6.07) is 11.7. The first-order valence-corrected chi connectivity index (χ1v) is 8.64. The summed E-state index contributed by atoms with van der Waals surface area (Å²) >= 11 is 0. The molecule has 0 saturated carbocycles. The predicted octanol–water partition coefficient (Wildman–Crippen LogP) is 3.69. The van der Waals surface area contributed by atoms with Gasteiger partial charge in [0.05, 0.1) is 0 Å². The molecular formula is C19H28N2O2. The van der Waals surface area contributed by atoms with E-state index >= 15 is 0 Å². The molecule has 3 atom stereocenters. The summed E-state index contributed by atoms with van der Waals surface area (Å²) in [4.78, 5) is 16.7. The minimum atomic E-state index is -0.415. The van der Waals surface area contributed by atoms with Gasteiger partial charge in [-0.3, -0.25) is 4.90 Å². The quantitative estimate of drug-likeness (QED) is 0.834. The molecule has 0 aromatic heterocycles. The van der Waals surface area contributed by atoms with Crippen LogP contribution < -0.4 is 0 Å². The summed E-state index contributed by atoms with van der Waals surface area (Å²) in [7, 11) is 0. The number of benzene rings is 1. The highest BCUT2D eigenvalue weighted by atomic mass is 16.6. The lowest BCUT2D eigenvalue weighted by atomic mass is 9.80. The number of carbonyl (C=O) groups excluding carboxylic acids is 1. The fraction of sp³-hybridized carbons (Fsp3) is 0.632. The maximum absolute atomic E-state index is 12.2. The van der Waals surface area contributed by atoms with Crippen LogP contribution in [0.25, 0.3) is 0 Å². The van der Waals surface area contributed by atoms with Crippen LogP contribution in [0.2, 0.25) is 0 Å².